The number of nitrogens with zero attached hydrogens (tertiary/aromatic N) is 2. The summed E-state index contributed by atoms with van der Waals surface area (Å²) in [4.78, 5) is 2.83. The SMILES string of the molecule is Cc1cc(C)c(C)c(S(=O)(=O)N2CCN(Cc3ccccc3)CC2)c1C.Cl. The molecule has 2 aromatic carbocycles. The maximum absolute atomic E-state index is 13.3. The molecular weight excluding hydrogens is 380 g/mol. The van der Waals surface area contributed by atoms with Crippen LogP contribution in [0.3, 0.4) is 0 Å². The Hall–Kier alpha value is -1.40. The molecule has 0 amide bonds. The van der Waals surface area contributed by atoms with Crippen LogP contribution in [0.5, 0.6) is 0 Å². The first-order valence-electron chi connectivity index (χ1n) is 9.14. The van der Waals surface area contributed by atoms with Crippen molar-refractivity contribution in [3.8, 4) is 0 Å². The van der Waals surface area contributed by atoms with Crippen molar-refractivity contribution in [1.29, 1.82) is 0 Å². The highest BCUT2D eigenvalue weighted by Crippen LogP contribution is 2.29. The Morgan fingerprint density at radius 2 is 1.37 bits per heavy atom. The second-order valence-corrected chi connectivity index (χ2v) is 9.13. The van der Waals surface area contributed by atoms with E-state index in [-0.39, 0.29) is 12.4 Å². The number of aryl methyl sites for hydroxylation is 2. The summed E-state index contributed by atoms with van der Waals surface area (Å²) < 4.78 is 28.3. The fraction of sp³-hybridized carbons (Fsp3) is 0.429. The fourth-order valence-corrected chi connectivity index (χ4v) is 5.66. The summed E-state index contributed by atoms with van der Waals surface area (Å²) in [6, 6.07) is 12.4. The molecule has 0 radical (unpaired) electrons. The Kier molecular flexibility index (Phi) is 7.09. The molecule has 27 heavy (non-hydrogen) atoms. The molecule has 0 N–H and O–H groups in total. The second kappa shape index (κ2) is 8.74. The van der Waals surface area contributed by atoms with E-state index in [0.717, 1.165) is 41.9 Å². The zero-order valence-corrected chi connectivity index (χ0v) is 18.2. The topological polar surface area (TPSA) is 40.6 Å². The molecule has 0 unspecified atom stereocenters. The van der Waals surface area contributed by atoms with Gasteiger partial charge in [-0.25, -0.2) is 8.42 Å². The van der Waals surface area contributed by atoms with Crippen LogP contribution in [0.4, 0.5) is 0 Å². The van der Waals surface area contributed by atoms with Gasteiger partial charge in [0.1, 0.15) is 0 Å². The van der Waals surface area contributed by atoms with E-state index in [4.69, 9.17) is 0 Å². The number of sulfonamides is 1. The van der Waals surface area contributed by atoms with Crippen LogP contribution in [0.2, 0.25) is 0 Å². The van der Waals surface area contributed by atoms with E-state index in [0.29, 0.717) is 18.0 Å². The molecule has 0 atom stereocenters. The molecule has 4 nitrogen and oxygen atoms in total. The van der Waals surface area contributed by atoms with Gasteiger partial charge in [0.2, 0.25) is 10.0 Å². The van der Waals surface area contributed by atoms with E-state index in [1.54, 1.807) is 4.31 Å². The lowest BCUT2D eigenvalue weighted by molar-refractivity contribution is 0.181. The maximum atomic E-state index is 13.3. The first-order chi connectivity index (χ1) is 12.3. The summed E-state index contributed by atoms with van der Waals surface area (Å²) >= 11 is 0. The van der Waals surface area contributed by atoms with Gasteiger partial charge in [0.15, 0.2) is 0 Å². The molecule has 148 valence electrons. The molecule has 0 bridgehead atoms. The Balaban J connectivity index is 0.00000261. The van der Waals surface area contributed by atoms with Crippen molar-refractivity contribution in [2.45, 2.75) is 39.1 Å². The highest BCUT2D eigenvalue weighted by molar-refractivity contribution is 7.89. The van der Waals surface area contributed by atoms with Gasteiger partial charge in [-0.15, -0.1) is 12.4 Å². The number of halogens is 1. The Morgan fingerprint density at radius 1 is 0.852 bits per heavy atom. The molecule has 1 heterocycles. The normalized spacial score (nSPS) is 16.1. The molecule has 2 aromatic rings. The van der Waals surface area contributed by atoms with Gasteiger partial charge in [-0.1, -0.05) is 36.4 Å². The number of rotatable bonds is 4. The first-order valence-corrected chi connectivity index (χ1v) is 10.6. The second-order valence-electron chi connectivity index (χ2n) is 7.26. The van der Waals surface area contributed by atoms with E-state index in [9.17, 15) is 8.42 Å². The summed E-state index contributed by atoms with van der Waals surface area (Å²) in [5.41, 5.74) is 5.09. The summed E-state index contributed by atoms with van der Waals surface area (Å²) in [5.74, 6) is 0. The lowest BCUT2D eigenvalue weighted by Crippen LogP contribution is -2.48. The quantitative estimate of drug-likeness (QED) is 0.771. The first kappa shape index (κ1) is 21.9. The van der Waals surface area contributed by atoms with Crippen molar-refractivity contribution in [2.75, 3.05) is 26.2 Å². The Labute approximate surface area is 169 Å². The molecule has 1 aliphatic heterocycles. The highest BCUT2D eigenvalue weighted by Gasteiger charge is 2.31. The minimum absolute atomic E-state index is 0. The maximum Gasteiger partial charge on any atom is 0.243 e. The van der Waals surface area contributed by atoms with Crippen LogP contribution in [0.15, 0.2) is 41.3 Å². The van der Waals surface area contributed by atoms with Gasteiger partial charge < -0.3 is 0 Å². The standard InChI is InChI=1S/C21H28N2O2S.ClH/c1-16-14-17(2)19(4)21(18(16)3)26(24,25)23-12-10-22(11-13-23)15-20-8-6-5-7-9-20;/h5-9,14H,10-13,15H2,1-4H3;1H. The van der Waals surface area contributed by atoms with Gasteiger partial charge >= 0.3 is 0 Å². The average molecular weight is 409 g/mol. The van der Waals surface area contributed by atoms with Crippen molar-refractivity contribution < 1.29 is 8.42 Å². The summed E-state index contributed by atoms with van der Waals surface area (Å²) in [5, 5.41) is 0. The van der Waals surface area contributed by atoms with Gasteiger partial charge in [0.25, 0.3) is 0 Å². The summed E-state index contributed by atoms with van der Waals surface area (Å²) in [7, 11) is -3.46. The molecule has 0 aromatic heterocycles. The van der Waals surface area contributed by atoms with Gasteiger partial charge in [0.05, 0.1) is 4.90 Å². The summed E-state index contributed by atoms with van der Waals surface area (Å²) in [6.07, 6.45) is 0. The minimum Gasteiger partial charge on any atom is -0.296 e. The van der Waals surface area contributed by atoms with Gasteiger partial charge in [-0.3, -0.25) is 4.90 Å². The molecule has 1 saturated heterocycles. The fourth-order valence-electron chi connectivity index (χ4n) is 3.67. The molecular formula is C21H29ClN2O2S. The van der Waals surface area contributed by atoms with Crippen LogP contribution in [-0.2, 0) is 16.6 Å². The predicted octanol–water partition coefficient (Wildman–Crippen LogP) is 3.85. The third-order valence-electron chi connectivity index (χ3n) is 5.48. The van der Waals surface area contributed by atoms with E-state index in [2.05, 4.69) is 23.1 Å². The molecule has 3 rings (SSSR count). The van der Waals surface area contributed by atoms with Crippen LogP contribution in [0.1, 0.15) is 27.8 Å². The largest absolute Gasteiger partial charge is 0.296 e. The zero-order chi connectivity index (χ0) is 18.9. The predicted molar refractivity (Wildman–Crippen MR) is 113 cm³/mol. The lowest BCUT2D eigenvalue weighted by atomic mass is 10.0. The van der Waals surface area contributed by atoms with Crippen LogP contribution in [0.25, 0.3) is 0 Å². The van der Waals surface area contributed by atoms with E-state index < -0.39 is 10.0 Å². The summed E-state index contributed by atoms with van der Waals surface area (Å²) in [6.45, 7) is 11.3. The van der Waals surface area contributed by atoms with Crippen molar-refractivity contribution in [3.63, 3.8) is 0 Å². The minimum atomic E-state index is -3.46. The molecule has 1 fully saturated rings. The Morgan fingerprint density at radius 3 is 1.89 bits per heavy atom. The van der Waals surface area contributed by atoms with Crippen molar-refractivity contribution >= 4 is 22.4 Å². The van der Waals surface area contributed by atoms with Gasteiger partial charge in [-0.2, -0.15) is 4.31 Å². The van der Waals surface area contributed by atoms with Gasteiger partial charge in [-0.05, 0) is 55.5 Å². The number of hydrogen-bond donors (Lipinski definition) is 0. The van der Waals surface area contributed by atoms with Crippen LogP contribution < -0.4 is 0 Å². The number of hydrogen-bond acceptors (Lipinski definition) is 3. The van der Waals surface area contributed by atoms with Crippen LogP contribution >= 0.6 is 12.4 Å². The average Bonchev–Trinajstić information content (AvgIpc) is 2.61. The third-order valence-corrected chi connectivity index (χ3v) is 7.65. The van der Waals surface area contributed by atoms with Crippen LogP contribution in [0, 0.1) is 27.7 Å². The number of piperazine rings is 1. The third kappa shape index (κ3) is 4.54. The van der Waals surface area contributed by atoms with Crippen molar-refractivity contribution in [2.24, 2.45) is 0 Å². The van der Waals surface area contributed by atoms with E-state index >= 15 is 0 Å². The molecule has 0 aliphatic carbocycles. The molecule has 0 saturated carbocycles. The number of benzene rings is 2. The zero-order valence-electron chi connectivity index (χ0n) is 16.5. The molecule has 0 spiro atoms. The molecule has 6 heteroatoms. The lowest BCUT2D eigenvalue weighted by Gasteiger charge is -2.34. The smallest absolute Gasteiger partial charge is 0.243 e. The van der Waals surface area contributed by atoms with E-state index in [1.807, 2.05) is 45.9 Å². The highest BCUT2D eigenvalue weighted by atomic mass is 35.5. The Bertz CT molecular complexity index is 864. The van der Waals surface area contributed by atoms with E-state index in [1.165, 1.54) is 5.56 Å². The van der Waals surface area contributed by atoms with Crippen molar-refractivity contribution in [3.05, 3.63) is 64.2 Å². The monoisotopic (exact) mass is 408 g/mol. The molecule has 1 aliphatic rings. The van der Waals surface area contributed by atoms with Crippen molar-refractivity contribution in [1.82, 2.24) is 9.21 Å². The van der Waals surface area contributed by atoms with Gasteiger partial charge in [0, 0.05) is 32.7 Å². The van der Waals surface area contributed by atoms with Crippen LogP contribution in [-0.4, -0.2) is 43.8 Å².